The molecule has 0 fully saturated rings. The fourth-order valence-corrected chi connectivity index (χ4v) is 2.16. The second-order valence-corrected chi connectivity index (χ2v) is 5.00. The summed E-state index contributed by atoms with van der Waals surface area (Å²) in [5, 5.41) is 8.29. The molecule has 0 bridgehead atoms. The van der Waals surface area contributed by atoms with E-state index in [1.54, 1.807) is 11.8 Å². The Morgan fingerprint density at radius 3 is 2.56 bits per heavy atom. The Bertz CT molecular complexity index is 575. The Balaban J connectivity index is 2.37. The van der Waals surface area contributed by atoms with Gasteiger partial charge in [0.05, 0.1) is 0 Å². The summed E-state index contributed by atoms with van der Waals surface area (Å²) >= 11 is 7.54. The molecule has 0 aliphatic carbocycles. The summed E-state index contributed by atoms with van der Waals surface area (Å²) in [4.78, 5) is 1.06. The molecule has 0 saturated heterocycles. The number of hydrogen-bond donors (Lipinski definition) is 0. The SMILES string of the molecule is CSc1ccccc1Oc1nnc(Cl)c(C)c1C. The van der Waals surface area contributed by atoms with E-state index in [-0.39, 0.29) is 0 Å². The van der Waals surface area contributed by atoms with Crippen molar-refractivity contribution >= 4 is 23.4 Å². The molecule has 1 heterocycles. The van der Waals surface area contributed by atoms with Crippen molar-refractivity contribution in [2.75, 3.05) is 6.26 Å². The minimum absolute atomic E-state index is 0.415. The molecular formula is C13H13ClN2OS. The van der Waals surface area contributed by atoms with Crippen molar-refractivity contribution in [2.24, 2.45) is 0 Å². The third kappa shape index (κ3) is 2.60. The first kappa shape index (κ1) is 13.2. The van der Waals surface area contributed by atoms with Crippen molar-refractivity contribution in [3.05, 3.63) is 40.5 Å². The second kappa shape index (κ2) is 5.59. The van der Waals surface area contributed by atoms with E-state index in [1.165, 1.54) is 0 Å². The highest BCUT2D eigenvalue weighted by molar-refractivity contribution is 7.98. The summed E-state index contributed by atoms with van der Waals surface area (Å²) in [6.07, 6.45) is 2.01. The van der Waals surface area contributed by atoms with Crippen LogP contribution in [0.2, 0.25) is 5.15 Å². The van der Waals surface area contributed by atoms with Gasteiger partial charge in [0.1, 0.15) is 5.75 Å². The van der Waals surface area contributed by atoms with E-state index in [2.05, 4.69) is 10.2 Å². The summed E-state index contributed by atoms with van der Waals surface area (Å²) < 4.78 is 5.81. The zero-order chi connectivity index (χ0) is 13.1. The number of aromatic nitrogens is 2. The van der Waals surface area contributed by atoms with Crippen LogP contribution in [0.25, 0.3) is 0 Å². The Hall–Kier alpha value is -1.26. The van der Waals surface area contributed by atoms with Gasteiger partial charge in [0.2, 0.25) is 5.88 Å². The van der Waals surface area contributed by atoms with E-state index in [0.29, 0.717) is 11.0 Å². The summed E-state index contributed by atoms with van der Waals surface area (Å²) in [6, 6.07) is 7.83. The average Bonchev–Trinajstić information content (AvgIpc) is 2.40. The molecule has 0 spiro atoms. The molecule has 2 rings (SSSR count). The average molecular weight is 281 g/mol. The van der Waals surface area contributed by atoms with Gasteiger partial charge in [-0.1, -0.05) is 23.7 Å². The summed E-state index contributed by atoms with van der Waals surface area (Å²) in [6.45, 7) is 3.83. The number of nitrogens with zero attached hydrogens (tertiary/aromatic N) is 2. The van der Waals surface area contributed by atoms with Crippen LogP contribution in [0.15, 0.2) is 29.2 Å². The highest BCUT2D eigenvalue weighted by Gasteiger charge is 2.11. The number of ether oxygens (including phenoxy) is 1. The predicted octanol–water partition coefficient (Wildman–Crippen LogP) is 4.26. The van der Waals surface area contributed by atoms with Crippen LogP contribution in [-0.4, -0.2) is 16.5 Å². The van der Waals surface area contributed by atoms with Crippen LogP contribution in [0.3, 0.4) is 0 Å². The van der Waals surface area contributed by atoms with Gasteiger partial charge in [0, 0.05) is 10.5 Å². The molecule has 0 radical (unpaired) electrons. The van der Waals surface area contributed by atoms with Gasteiger partial charge in [0.25, 0.3) is 0 Å². The van der Waals surface area contributed by atoms with Crippen molar-refractivity contribution in [3.8, 4) is 11.6 Å². The van der Waals surface area contributed by atoms with Crippen molar-refractivity contribution in [1.29, 1.82) is 0 Å². The van der Waals surface area contributed by atoms with Gasteiger partial charge in [-0.15, -0.1) is 22.0 Å². The highest BCUT2D eigenvalue weighted by atomic mass is 35.5. The summed E-state index contributed by atoms with van der Waals surface area (Å²) in [5.74, 6) is 1.28. The van der Waals surface area contributed by atoms with Gasteiger partial charge >= 0.3 is 0 Å². The Morgan fingerprint density at radius 2 is 1.83 bits per heavy atom. The number of rotatable bonds is 3. The van der Waals surface area contributed by atoms with Gasteiger partial charge in [-0.2, -0.15) is 0 Å². The van der Waals surface area contributed by atoms with Crippen LogP contribution in [0.4, 0.5) is 0 Å². The monoisotopic (exact) mass is 280 g/mol. The Morgan fingerprint density at radius 1 is 1.11 bits per heavy atom. The quantitative estimate of drug-likeness (QED) is 0.787. The van der Waals surface area contributed by atoms with Gasteiger partial charge in [-0.25, -0.2) is 0 Å². The fraction of sp³-hybridized carbons (Fsp3) is 0.231. The summed E-state index contributed by atoms with van der Waals surface area (Å²) in [5.41, 5.74) is 1.80. The van der Waals surface area contributed by atoms with Gasteiger partial charge in [-0.05, 0) is 37.8 Å². The number of hydrogen-bond acceptors (Lipinski definition) is 4. The number of para-hydroxylation sites is 1. The first-order chi connectivity index (χ1) is 8.63. The lowest BCUT2D eigenvalue weighted by atomic mass is 10.2. The zero-order valence-corrected chi connectivity index (χ0v) is 12.0. The van der Waals surface area contributed by atoms with Crippen molar-refractivity contribution < 1.29 is 4.74 Å². The minimum Gasteiger partial charge on any atom is -0.436 e. The molecule has 0 aliphatic heterocycles. The number of benzene rings is 1. The highest BCUT2D eigenvalue weighted by Crippen LogP contribution is 2.32. The molecule has 0 N–H and O–H groups in total. The third-order valence-electron chi connectivity index (χ3n) is 2.70. The van der Waals surface area contributed by atoms with E-state index >= 15 is 0 Å². The second-order valence-electron chi connectivity index (χ2n) is 3.80. The molecule has 5 heteroatoms. The van der Waals surface area contributed by atoms with E-state index in [0.717, 1.165) is 21.8 Å². The maximum atomic E-state index is 5.91. The van der Waals surface area contributed by atoms with E-state index < -0.39 is 0 Å². The van der Waals surface area contributed by atoms with Crippen LogP contribution >= 0.6 is 23.4 Å². The number of thioether (sulfide) groups is 1. The molecule has 0 saturated carbocycles. The molecule has 94 valence electrons. The topological polar surface area (TPSA) is 35.0 Å². The predicted molar refractivity (Wildman–Crippen MR) is 74.8 cm³/mol. The van der Waals surface area contributed by atoms with Gasteiger partial charge in [-0.3, -0.25) is 0 Å². The molecule has 0 amide bonds. The smallest absolute Gasteiger partial charge is 0.242 e. The lowest BCUT2D eigenvalue weighted by Crippen LogP contribution is -1.98. The van der Waals surface area contributed by atoms with E-state index in [9.17, 15) is 0 Å². The van der Waals surface area contributed by atoms with Crippen LogP contribution < -0.4 is 4.74 Å². The minimum atomic E-state index is 0.415. The van der Waals surface area contributed by atoms with Crippen LogP contribution in [0.1, 0.15) is 11.1 Å². The van der Waals surface area contributed by atoms with Crippen LogP contribution in [0.5, 0.6) is 11.6 Å². The van der Waals surface area contributed by atoms with Crippen molar-refractivity contribution in [3.63, 3.8) is 0 Å². The lowest BCUT2D eigenvalue weighted by Gasteiger charge is -2.11. The first-order valence-corrected chi connectivity index (χ1v) is 7.04. The molecule has 1 aromatic carbocycles. The fourth-order valence-electron chi connectivity index (χ4n) is 1.46. The van der Waals surface area contributed by atoms with Gasteiger partial charge < -0.3 is 4.74 Å². The Kier molecular flexibility index (Phi) is 4.09. The lowest BCUT2D eigenvalue weighted by molar-refractivity contribution is 0.440. The standard InChI is InChI=1S/C13H13ClN2OS/c1-8-9(2)13(16-15-12(8)14)17-10-6-4-5-7-11(10)18-3/h4-7H,1-3H3. The normalized spacial score (nSPS) is 10.4. The first-order valence-electron chi connectivity index (χ1n) is 5.43. The van der Waals surface area contributed by atoms with E-state index in [1.807, 2.05) is 44.4 Å². The number of halogens is 1. The molecule has 0 atom stereocenters. The third-order valence-corrected chi connectivity index (χ3v) is 3.83. The molecule has 1 aromatic heterocycles. The molecular weight excluding hydrogens is 268 g/mol. The van der Waals surface area contributed by atoms with Gasteiger partial charge in [0.15, 0.2) is 5.15 Å². The maximum Gasteiger partial charge on any atom is 0.242 e. The van der Waals surface area contributed by atoms with Crippen LogP contribution in [-0.2, 0) is 0 Å². The summed E-state index contributed by atoms with van der Waals surface area (Å²) in [7, 11) is 0. The van der Waals surface area contributed by atoms with Crippen molar-refractivity contribution in [1.82, 2.24) is 10.2 Å². The largest absolute Gasteiger partial charge is 0.436 e. The zero-order valence-electron chi connectivity index (χ0n) is 10.4. The Labute approximate surface area is 116 Å². The molecule has 18 heavy (non-hydrogen) atoms. The maximum absolute atomic E-state index is 5.91. The molecule has 2 aromatic rings. The molecule has 0 aliphatic rings. The van der Waals surface area contributed by atoms with Crippen LogP contribution in [0, 0.1) is 13.8 Å². The van der Waals surface area contributed by atoms with Crippen molar-refractivity contribution in [2.45, 2.75) is 18.7 Å². The molecule has 0 unspecified atom stereocenters. The molecule has 3 nitrogen and oxygen atoms in total. The van der Waals surface area contributed by atoms with E-state index in [4.69, 9.17) is 16.3 Å².